The van der Waals surface area contributed by atoms with Gasteiger partial charge in [0.1, 0.15) is 5.75 Å². The van der Waals surface area contributed by atoms with E-state index in [9.17, 15) is 9.59 Å². The molecule has 0 aliphatic rings. The summed E-state index contributed by atoms with van der Waals surface area (Å²) in [7, 11) is 0. The zero-order valence-electron chi connectivity index (χ0n) is 14.8. The number of ether oxygens (including phenoxy) is 1. The molecule has 0 aliphatic heterocycles. The van der Waals surface area contributed by atoms with Crippen LogP contribution in [0.15, 0.2) is 48.5 Å². The number of carbonyl (C=O) groups excluding carboxylic acids is 2. The molecule has 0 aromatic heterocycles. The summed E-state index contributed by atoms with van der Waals surface area (Å²) in [6, 6.07) is 15.1. The van der Waals surface area contributed by atoms with Gasteiger partial charge in [-0.2, -0.15) is 0 Å². The Morgan fingerprint density at radius 2 is 1.76 bits per heavy atom. The number of rotatable bonds is 7. The summed E-state index contributed by atoms with van der Waals surface area (Å²) >= 11 is 0. The van der Waals surface area contributed by atoms with Gasteiger partial charge in [-0.3, -0.25) is 9.59 Å². The number of aryl methyl sites for hydroxylation is 1. The third-order valence-electron chi connectivity index (χ3n) is 3.82. The van der Waals surface area contributed by atoms with Crippen LogP contribution in [0.1, 0.15) is 37.9 Å². The van der Waals surface area contributed by atoms with Gasteiger partial charge in [0.05, 0.1) is 11.7 Å². The monoisotopic (exact) mass is 340 g/mol. The molecule has 2 aromatic carbocycles. The van der Waals surface area contributed by atoms with Gasteiger partial charge in [0.25, 0.3) is 5.91 Å². The quantitative estimate of drug-likeness (QED) is 0.811. The second kappa shape index (κ2) is 8.87. The molecule has 0 saturated carbocycles. The number of amides is 2. The lowest BCUT2D eigenvalue weighted by molar-refractivity contribution is -0.123. The van der Waals surface area contributed by atoms with Crippen LogP contribution < -0.4 is 15.4 Å². The van der Waals surface area contributed by atoms with E-state index < -0.39 is 0 Å². The molecule has 2 amide bonds. The smallest absolute Gasteiger partial charge is 0.258 e. The fourth-order valence-electron chi connectivity index (χ4n) is 2.44. The molecule has 2 rings (SSSR count). The lowest BCUT2D eigenvalue weighted by atomic mass is 10.1. The van der Waals surface area contributed by atoms with Gasteiger partial charge >= 0.3 is 0 Å². The molecule has 0 unspecified atom stereocenters. The fourth-order valence-corrected chi connectivity index (χ4v) is 2.44. The summed E-state index contributed by atoms with van der Waals surface area (Å²) in [5, 5.41) is 5.59. The van der Waals surface area contributed by atoms with Gasteiger partial charge in [0, 0.05) is 6.92 Å². The molecule has 0 heterocycles. The Morgan fingerprint density at radius 3 is 2.40 bits per heavy atom. The highest BCUT2D eigenvalue weighted by Crippen LogP contribution is 2.23. The molecule has 0 spiro atoms. The Balaban J connectivity index is 1.91. The van der Waals surface area contributed by atoms with Crippen LogP contribution in [-0.4, -0.2) is 18.4 Å². The SMILES string of the molecule is CCc1ccc([C@@H](C)NC(=O)COc2ccccc2NC(C)=O)cc1. The van der Waals surface area contributed by atoms with Crippen molar-refractivity contribution in [3.05, 3.63) is 59.7 Å². The first-order chi connectivity index (χ1) is 12.0. The Bertz CT molecular complexity index is 726. The van der Waals surface area contributed by atoms with Crippen LogP contribution in [0, 0.1) is 0 Å². The van der Waals surface area contributed by atoms with Gasteiger partial charge in [-0.25, -0.2) is 0 Å². The van der Waals surface area contributed by atoms with E-state index in [2.05, 4.69) is 29.7 Å². The van der Waals surface area contributed by atoms with Crippen LogP contribution in [0.25, 0.3) is 0 Å². The largest absolute Gasteiger partial charge is 0.482 e. The molecule has 1 atom stereocenters. The maximum absolute atomic E-state index is 12.1. The average Bonchev–Trinajstić information content (AvgIpc) is 2.60. The molecule has 2 aromatic rings. The van der Waals surface area contributed by atoms with E-state index in [0.717, 1.165) is 12.0 Å². The Kier molecular flexibility index (Phi) is 6.57. The minimum atomic E-state index is -0.218. The number of benzene rings is 2. The first-order valence-electron chi connectivity index (χ1n) is 8.37. The van der Waals surface area contributed by atoms with Crippen LogP contribution in [0.5, 0.6) is 5.75 Å². The highest BCUT2D eigenvalue weighted by atomic mass is 16.5. The maximum Gasteiger partial charge on any atom is 0.258 e. The Morgan fingerprint density at radius 1 is 1.08 bits per heavy atom. The molecular formula is C20H24N2O3. The van der Waals surface area contributed by atoms with E-state index in [1.54, 1.807) is 24.3 Å². The molecule has 0 saturated heterocycles. The second-order valence-electron chi connectivity index (χ2n) is 5.85. The number of anilines is 1. The van der Waals surface area contributed by atoms with Crippen molar-refractivity contribution in [1.29, 1.82) is 0 Å². The van der Waals surface area contributed by atoms with E-state index in [4.69, 9.17) is 4.74 Å². The minimum Gasteiger partial charge on any atom is -0.482 e. The maximum atomic E-state index is 12.1. The van der Waals surface area contributed by atoms with Crippen molar-refractivity contribution in [2.24, 2.45) is 0 Å². The predicted octanol–water partition coefficient (Wildman–Crippen LogP) is 3.46. The molecular weight excluding hydrogens is 316 g/mol. The number of hydrogen-bond acceptors (Lipinski definition) is 3. The van der Waals surface area contributed by atoms with Crippen LogP contribution in [0.4, 0.5) is 5.69 Å². The molecule has 2 N–H and O–H groups in total. The number of nitrogens with one attached hydrogen (secondary N) is 2. The van der Waals surface area contributed by atoms with Crippen LogP contribution >= 0.6 is 0 Å². The third-order valence-corrected chi connectivity index (χ3v) is 3.82. The highest BCUT2D eigenvalue weighted by molar-refractivity contribution is 5.90. The molecule has 0 radical (unpaired) electrons. The molecule has 132 valence electrons. The first kappa shape index (κ1) is 18.5. The van der Waals surface area contributed by atoms with Crippen molar-refractivity contribution in [2.45, 2.75) is 33.2 Å². The van der Waals surface area contributed by atoms with Crippen LogP contribution in [0.3, 0.4) is 0 Å². The van der Waals surface area contributed by atoms with E-state index in [-0.39, 0.29) is 24.5 Å². The van der Waals surface area contributed by atoms with Crippen molar-refractivity contribution >= 4 is 17.5 Å². The molecule has 25 heavy (non-hydrogen) atoms. The van der Waals surface area contributed by atoms with E-state index >= 15 is 0 Å². The van der Waals surface area contributed by atoms with Gasteiger partial charge in [-0.15, -0.1) is 0 Å². The van der Waals surface area contributed by atoms with E-state index in [1.165, 1.54) is 12.5 Å². The van der Waals surface area contributed by atoms with Crippen molar-refractivity contribution in [3.63, 3.8) is 0 Å². The van der Waals surface area contributed by atoms with Crippen LogP contribution in [-0.2, 0) is 16.0 Å². The summed E-state index contributed by atoms with van der Waals surface area (Å²) in [6.45, 7) is 5.35. The zero-order valence-corrected chi connectivity index (χ0v) is 14.8. The first-order valence-corrected chi connectivity index (χ1v) is 8.37. The Labute approximate surface area is 148 Å². The summed E-state index contributed by atoms with van der Waals surface area (Å²) in [5.74, 6) is 0.0575. The summed E-state index contributed by atoms with van der Waals surface area (Å²) in [4.78, 5) is 23.3. The lowest BCUT2D eigenvalue weighted by Crippen LogP contribution is -2.31. The van der Waals surface area contributed by atoms with E-state index in [0.29, 0.717) is 11.4 Å². The van der Waals surface area contributed by atoms with Gasteiger partial charge in [-0.05, 0) is 36.6 Å². The molecule has 0 fully saturated rings. The zero-order chi connectivity index (χ0) is 18.2. The Hall–Kier alpha value is -2.82. The molecule has 0 bridgehead atoms. The van der Waals surface area contributed by atoms with E-state index in [1.807, 2.05) is 19.1 Å². The molecule has 5 heteroatoms. The number of hydrogen-bond donors (Lipinski definition) is 2. The van der Waals surface area contributed by atoms with Crippen molar-refractivity contribution in [2.75, 3.05) is 11.9 Å². The van der Waals surface area contributed by atoms with Gasteiger partial charge in [0.2, 0.25) is 5.91 Å². The second-order valence-corrected chi connectivity index (χ2v) is 5.85. The summed E-state index contributed by atoms with van der Waals surface area (Å²) in [6.07, 6.45) is 0.989. The molecule has 5 nitrogen and oxygen atoms in total. The third kappa shape index (κ3) is 5.64. The predicted molar refractivity (Wildman–Crippen MR) is 98.6 cm³/mol. The highest BCUT2D eigenvalue weighted by Gasteiger charge is 2.11. The topological polar surface area (TPSA) is 67.4 Å². The lowest BCUT2D eigenvalue weighted by Gasteiger charge is -2.16. The summed E-state index contributed by atoms with van der Waals surface area (Å²) < 4.78 is 5.55. The summed E-state index contributed by atoms with van der Waals surface area (Å²) in [5.41, 5.74) is 2.86. The van der Waals surface area contributed by atoms with Gasteiger partial charge in [0.15, 0.2) is 6.61 Å². The number of para-hydroxylation sites is 2. The standard InChI is InChI=1S/C20H24N2O3/c1-4-16-9-11-17(12-10-16)14(2)21-20(24)13-25-19-8-6-5-7-18(19)22-15(3)23/h5-12,14H,4,13H2,1-3H3,(H,21,24)(H,22,23)/t14-/m1/s1. The fraction of sp³-hybridized carbons (Fsp3) is 0.300. The van der Waals surface area contributed by atoms with Gasteiger partial charge in [-0.1, -0.05) is 43.3 Å². The number of carbonyl (C=O) groups is 2. The van der Waals surface area contributed by atoms with Crippen molar-refractivity contribution in [3.8, 4) is 5.75 Å². The van der Waals surface area contributed by atoms with Gasteiger partial charge < -0.3 is 15.4 Å². The van der Waals surface area contributed by atoms with Crippen LogP contribution in [0.2, 0.25) is 0 Å². The normalized spacial score (nSPS) is 11.5. The minimum absolute atomic E-state index is 0.104. The molecule has 0 aliphatic carbocycles. The van der Waals surface area contributed by atoms with Crippen molar-refractivity contribution < 1.29 is 14.3 Å². The average molecular weight is 340 g/mol. The van der Waals surface area contributed by atoms with Crippen molar-refractivity contribution in [1.82, 2.24) is 5.32 Å².